The Labute approximate surface area is 79.0 Å². The number of hydrogen-bond acceptors (Lipinski definition) is 2. The zero-order valence-corrected chi connectivity index (χ0v) is 7.88. The van der Waals surface area contributed by atoms with E-state index in [9.17, 15) is 4.79 Å². The van der Waals surface area contributed by atoms with Crippen molar-refractivity contribution in [3.05, 3.63) is 12.2 Å². The molecule has 2 nitrogen and oxygen atoms in total. The monoisotopic (exact) mass is 178 g/mol. The average Bonchev–Trinajstić information content (AvgIpc) is 2.19. The average molecular weight is 178 g/mol. The molecule has 70 valence electrons. The van der Waals surface area contributed by atoms with Crippen LogP contribution in [0.25, 0.3) is 0 Å². The third kappa shape index (κ3) is 3.80. The molecule has 13 heavy (non-hydrogen) atoms. The number of carbonyl (C=O) groups is 1. The molecular formula is C11H14O2. The molecule has 0 spiro atoms. The first-order valence-electron chi connectivity index (χ1n) is 4.54. The van der Waals surface area contributed by atoms with Crippen LogP contribution in [0.1, 0.15) is 25.7 Å². The fourth-order valence-electron chi connectivity index (χ4n) is 1.36. The molecule has 1 unspecified atom stereocenters. The Balaban J connectivity index is 2.27. The molecule has 0 heterocycles. The van der Waals surface area contributed by atoms with E-state index < -0.39 is 5.97 Å². The highest BCUT2D eigenvalue weighted by Crippen LogP contribution is 2.20. The van der Waals surface area contributed by atoms with Crippen LogP contribution in [0.15, 0.2) is 12.2 Å². The third-order valence-corrected chi connectivity index (χ3v) is 2.14. The topological polar surface area (TPSA) is 26.3 Å². The SMILES string of the molecule is COC(=O)C#CCC1CC=CCC1. The maximum absolute atomic E-state index is 10.6. The summed E-state index contributed by atoms with van der Waals surface area (Å²) < 4.78 is 4.41. The van der Waals surface area contributed by atoms with Gasteiger partial charge in [-0.2, -0.15) is 0 Å². The molecule has 0 radical (unpaired) electrons. The lowest BCUT2D eigenvalue weighted by molar-refractivity contribution is -0.133. The number of hydrogen-bond donors (Lipinski definition) is 0. The fourth-order valence-corrected chi connectivity index (χ4v) is 1.36. The summed E-state index contributed by atoms with van der Waals surface area (Å²) in [6, 6.07) is 0. The van der Waals surface area contributed by atoms with E-state index in [0.29, 0.717) is 5.92 Å². The minimum Gasteiger partial charge on any atom is -0.459 e. The molecule has 0 bridgehead atoms. The second-order valence-electron chi connectivity index (χ2n) is 3.15. The van der Waals surface area contributed by atoms with Gasteiger partial charge in [-0.15, -0.1) is 0 Å². The molecule has 0 aromatic heterocycles. The van der Waals surface area contributed by atoms with Gasteiger partial charge in [-0.05, 0) is 25.2 Å². The Bertz CT molecular complexity index is 255. The number of carbonyl (C=O) groups excluding carboxylic acids is 1. The van der Waals surface area contributed by atoms with Crippen molar-refractivity contribution in [1.82, 2.24) is 0 Å². The van der Waals surface area contributed by atoms with Gasteiger partial charge in [0.1, 0.15) is 0 Å². The molecule has 1 atom stereocenters. The standard InChI is InChI=1S/C11H14O2/c1-13-11(12)9-5-8-10-6-3-2-4-7-10/h2-3,10H,4,6-8H2,1H3. The Morgan fingerprint density at radius 1 is 1.62 bits per heavy atom. The van der Waals surface area contributed by atoms with Crippen molar-refractivity contribution in [2.75, 3.05) is 7.11 Å². The number of methoxy groups -OCH3 is 1. The van der Waals surface area contributed by atoms with E-state index in [0.717, 1.165) is 19.3 Å². The van der Waals surface area contributed by atoms with Crippen molar-refractivity contribution >= 4 is 5.97 Å². The fraction of sp³-hybridized carbons (Fsp3) is 0.545. The van der Waals surface area contributed by atoms with Crippen LogP contribution in [0.4, 0.5) is 0 Å². The number of ether oxygens (including phenoxy) is 1. The molecule has 1 aliphatic carbocycles. The van der Waals surface area contributed by atoms with Crippen molar-refractivity contribution < 1.29 is 9.53 Å². The van der Waals surface area contributed by atoms with Gasteiger partial charge in [0.2, 0.25) is 0 Å². The first-order valence-corrected chi connectivity index (χ1v) is 4.54. The second kappa shape index (κ2) is 5.42. The molecule has 0 fully saturated rings. The van der Waals surface area contributed by atoms with Crippen LogP contribution in [0.3, 0.4) is 0 Å². The summed E-state index contributed by atoms with van der Waals surface area (Å²) in [7, 11) is 1.35. The highest BCUT2D eigenvalue weighted by Gasteiger charge is 2.07. The largest absolute Gasteiger partial charge is 0.459 e. The summed E-state index contributed by atoms with van der Waals surface area (Å²) in [5, 5.41) is 0. The van der Waals surface area contributed by atoms with Gasteiger partial charge in [-0.1, -0.05) is 18.1 Å². The maximum Gasteiger partial charge on any atom is 0.384 e. The molecule has 0 saturated heterocycles. The third-order valence-electron chi connectivity index (χ3n) is 2.14. The van der Waals surface area contributed by atoms with Crippen LogP contribution in [-0.4, -0.2) is 13.1 Å². The summed E-state index contributed by atoms with van der Waals surface area (Å²) in [4.78, 5) is 10.6. The van der Waals surface area contributed by atoms with Gasteiger partial charge in [-0.3, -0.25) is 0 Å². The quantitative estimate of drug-likeness (QED) is 0.265. The zero-order chi connectivity index (χ0) is 9.52. The Kier molecular flexibility index (Phi) is 4.11. The molecule has 0 aromatic carbocycles. The predicted octanol–water partition coefficient (Wildman–Crippen LogP) is 1.91. The molecule has 2 heteroatoms. The molecule has 0 aromatic rings. The molecule has 0 aliphatic heterocycles. The Morgan fingerprint density at radius 3 is 3.08 bits per heavy atom. The van der Waals surface area contributed by atoms with Crippen LogP contribution >= 0.6 is 0 Å². The van der Waals surface area contributed by atoms with Gasteiger partial charge in [0.25, 0.3) is 0 Å². The number of allylic oxidation sites excluding steroid dienone is 2. The first-order chi connectivity index (χ1) is 6.33. The van der Waals surface area contributed by atoms with Crippen molar-refractivity contribution in [1.29, 1.82) is 0 Å². The van der Waals surface area contributed by atoms with Crippen LogP contribution < -0.4 is 0 Å². The Morgan fingerprint density at radius 2 is 2.46 bits per heavy atom. The van der Waals surface area contributed by atoms with Gasteiger partial charge in [0.15, 0.2) is 0 Å². The first kappa shape index (κ1) is 9.85. The molecule has 0 N–H and O–H groups in total. The molecule has 0 amide bonds. The minimum absolute atomic E-state index is 0.439. The van der Waals surface area contributed by atoms with Gasteiger partial charge in [-0.25, -0.2) is 4.79 Å². The molecular weight excluding hydrogens is 164 g/mol. The summed E-state index contributed by atoms with van der Waals surface area (Å²) >= 11 is 0. The van der Waals surface area contributed by atoms with Crippen molar-refractivity contribution in [3.8, 4) is 11.8 Å². The summed E-state index contributed by atoms with van der Waals surface area (Å²) in [5.74, 6) is 5.48. The zero-order valence-electron chi connectivity index (χ0n) is 7.88. The normalized spacial score (nSPS) is 20.2. The smallest absolute Gasteiger partial charge is 0.384 e. The number of rotatable bonds is 1. The van der Waals surface area contributed by atoms with E-state index in [-0.39, 0.29) is 0 Å². The van der Waals surface area contributed by atoms with E-state index in [4.69, 9.17) is 0 Å². The predicted molar refractivity (Wildman–Crippen MR) is 50.9 cm³/mol. The molecule has 1 aliphatic rings. The van der Waals surface area contributed by atoms with E-state index >= 15 is 0 Å². The van der Waals surface area contributed by atoms with Crippen LogP contribution in [0.2, 0.25) is 0 Å². The van der Waals surface area contributed by atoms with Gasteiger partial charge < -0.3 is 4.74 Å². The summed E-state index contributed by atoms with van der Waals surface area (Å²) in [6.07, 6.45) is 8.62. The maximum atomic E-state index is 10.6. The van der Waals surface area contributed by atoms with E-state index in [1.165, 1.54) is 13.5 Å². The van der Waals surface area contributed by atoms with Crippen LogP contribution in [0, 0.1) is 17.8 Å². The van der Waals surface area contributed by atoms with Crippen molar-refractivity contribution in [2.24, 2.45) is 5.92 Å². The van der Waals surface area contributed by atoms with Crippen molar-refractivity contribution in [3.63, 3.8) is 0 Å². The van der Waals surface area contributed by atoms with E-state index in [1.54, 1.807) is 0 Å². The second-order valence-corrected chi connectivity index (χ2v) is 3.15. The van der Waals surface area contributed by atoms with Crippen LogP contribution in [0.5, 0.6) is 0 Å². The van der Waals surface area contributed by atoms with Gasteiger partial charge in [0.05, 0.1) is 7.11 Å². The van der Waals surface area contributed by atoms with E-state index in [1.807, 2.05) is 0 Å². The van der Waals surface area contributed by atoms with Crippen molar-refractivity contribution in [2.45, 2.75) is 25.7 Å². The van der Waals surface area contributed by atoms with Crippen LogP contribution in [-0.2, 0) is 9.53 Å². The lowest BCUT2D eigenvalue weighted by atomic mass is 9.92. The minimum atomic E-state index is -0.439. The van der Waals surface area contributed by atoms with Gasteiger partial charge >= 0.3 is 5.97 Å². The molecule has 0 saturated carbocycles. The summed E-state index contributed by atoms with van der Waals surface area (Å²) in [6.45, 7) is 0. The Hall–Kier alpha value is -1.23. The number of esters is 1. The highest BCUT2D eigenvalue weighted by atomic mass is 16.5. The summed E-state index contributed by atoms with van der Waals surface area (Å²) in [5.41, 5.74) is 0. The lowest BCUT2D eigenvalue weighted by Crippen LogP contribution is -2.01. The lowest BCUT2D eigenvalue weighted by Gasteiger charge is -2.13. The van der Waals surface area contributed by atoms with E-state index in [2.05, 4.69) is 28.7 Å². The molecule has 1 rings (SSSR count). The van der Waals surface area contributed by atoms with Gasteiger partial charge in [0, 0.05) is 12.3 Å². The highest BCUT2D eigenvalue weighted by molar-refractivity contribution is 5.88.